The van der Waals surface area contributed by atoms with Crippen LogP contribution in [0.1, 0.15) is 19.4 Å². The summed E-state index contributed by atoms with van der Waals surface area (Å²) >= 11 is 5.79. The van der Waals surface area contributed by atoms with Crippen LogP contribution >= 0.6 is 11.6 Å². The highest BCUT2D eigenvalue weighted by atomic mass is 35.5. The van der Waals surface area contributed by atoms with Gasteiger partial charge < -0.3 is 5.32 Å². The molecule has 1 aromatic rings. The highest BCUT2D eigenvalue weighted by molar-refractivity contribution is 7.89. The Balaban J connectivity index is 2.98. The molecule has 2 N–H and O–H groups in total. The lowest BCUT2D eigenvalue weighted by atomic mass is 10.2. The summed E-state index contributed by atoms with van der Waals surface area (Å²) in [5, 5.41) is 11.3. The maximum atomic E-state index is 12.1. The van der Waals surface area contributed by atoms with Gasteiger partial charge in [0, 0.05) is 6.54 Å². The summed E-state index contributed by atoms with van der Waals surface area (Å²) in [7, 11) is -3.88. The fourth-order valence-electron chi connectivity index (χ4n) is 1.44. The molecule has 1 aromatic carbocycles. The maximum absolute atomic E-state index is 12.1. The lowest BCUT2D eigenvalue weighted by molar-refractivity contribution is -0.122. The Morgan fingerprint density at radius 2 is 2.15 bits per heavy atom. The summed E-state index contributed by atoms with van der Waals surface area (Å²) < 4.78 is 26.4. The number of hydrogen-bond acceptors (Lipinski definition) is 4. The number of nitrogens with zero attached hydrogens (tertiary/aromatic N) is 1. The molecular weight excluding hydrogens is 302 g/mol. The van der Waals surface area contributed by atoms with Crippen LogP contribution in [-0.4, -0.2) is 26.9 Å². The normalized spacial score (nSPS) is 12.5. The van der Waals surface area contributed by atoms with Gasteiger partial charge in [0.2, 0.25) is 15.9 Å². The molecule has 20 heavy (non-hydrogen) atoms. The van der Waals surface area contributed by atoms with E-state index in [1.165, 1.54) is 25.1 Å². The first-order chi connectivity index (χ1) is 9.31. The van der Waals surface area contributed by atoms with Crippen LogP contribution in [0, 0.1) is 11.3 Å². The first-order valence-electron chi connectivity index (χ1n) is 5.81. The molecule has 1 atom stereocenters. The van der Waals surface area contributed by atoms with Crippen LogP contribution in [0.4, 0.5) is 0 Å². The van der Waals surface area contributed by atoms with Gasteiger partial charge in [-0.3, -0.25) is 4.79 Å². The van der Waals surface area contributed by atoms with Gasteiger partial charge in [0.1, 0.15) is 6.07 Å². The largest absolute Gasteiger partial charge is 0.355 e. The van der Waals surface area contributed by atoms with Gasteiger partial charge in [0.15, 0.2) is 0 Å². The Hall–Kier alpha value is -1.62. The molecule has 1 unspecified atom stereocenters. The average molecular weight is 316 g/mol. The Morgan fingerprint density at radius 3 is 2.65 bits per heavy atom. The first-order valence-corrected chi connectivity index (χ1v) is 7.67. The minimum Gasteiger partial charge on any atom is -0.355 e. The van der Waals surface area contributed by atoms with E-state index in [-0.39, 0.29) is 15.5 Å². The zero-order valence-corrected chi connectivity index (χ0v) is 12.5. The molecule has 0 spiro atoms. The highest BCUT2D eigenvalue weighted by Gasteiger charge is 2.22. The topological polar surface area (TPSA) is 99.1 Å². The molecule has 0 fully saturated rings. The van der Waals surface area contributed by atoms with Gasteiger partial charge in [-0.25, -0.2) is 8.42 Å². The second kappa shape index (κ2) is 6.70. The smallest absolute Gasteiger partial charge is 0.241 e. The minimum atomic E-state index is -3.88. The Labute approximate surface area is 122 Å². The van der Waals surface area contributed by atoms with E-state index in [1.807, 2.05) is 6.07 Å². The van der Waals surface area contributed by atoms with E-state index < -0.39 is 22.0 Å². The van der Waals surface area contributed by atoms with Crippen molar-refractivity contribution in [1.29, 1.82) is 5.26 Å². The number of amides is 1. The number of likely N-dealkylation sites (N-methyl/N-ethyl adjacent to an activating group) is 1. The molecule has 6 nitrogen and oxygen atoms in total. The molecular formula is C12H14ClN3O3S. The average Bonchev–Trinajstić information content (AvgIpc) is 2.38. The summed E-state index contributed by atoms with van der Waals surface area (Å²) in [5.74, 6) is -0.421. The second-order valence-corrected chi connectivity index (χ2v) is 6.11. The van der Waals surface area contributed by atoms with Crippen LogP contribution in [0.15, 0.2) is 23.1 Å². The van der Waals surface area contributed by atoms with Gasteiger partial charge >= 0.3 is 0 Å². The monoisotopic (exact) mass is 315 g/mol. The molecule has 0 aliphatic heterocycles. The Bertz CT molecular complexity index is 652. The number of hydrogen-bond donors (Lipinski definition) is 2. The van der Waals surface area contributed by atoms with Crippen LogP contribution in [-0.2, 0) is 14.8 Å². The van der Waals surface area contributed by atoms with E-state index in [0.29, 0.717) is 6.54 Å². The van der Waals surface area contributed by atoms with E-state index in [0.717, 1.165) is 0 Å². The lowest BCUT2D eigenvalue weighted by Crippen LogP contribution is -2.44. The summed E-state index contributed by atoms with van der Waals surface area (Å²) in [6.07, 6.45) is 0. The van der Waals surface area contributed by atoms with Crippen LogP contribution in [0.5, 0.6) is 0 Å². The van der Waals surface area contributed by atoms with Crippen LogP contribution in [0.3, 0.4) is 0 Å². The van der Waals surface area contributed by atoms with E-state index in [9.17, 15) is 13.2 Å². The highest BCUT2D eigenvalue weighted by Crippen LogP contribution is 2.20. The third-order valence-electron chi connectivity index (χ3n) is 2.45. The molecule has 0 bridgehead atoms. The molecule has 0 saturated heterocycles. The zero-order valence-electron chi connectivity index (χ0n) is 11.0. The minimum absolute atomic E-state index is 0.0426. The predicted octanol–water partition coefficient (Wildman–Crippen LogP) is 1.01. The van der Waals surface area contributed by atoms with E-state index in [1.54, 1.807) is 6.92 Å². The molecule has 108 valence electrons. The van der Waals surface area contributed by atoms with Gasteiger partial charge in [-0.1, -0.05) is 11.6 Å². The number of sulfonamides is 1. The Morgan fingerprint density at radius 1 is 1.50 bits per heavy atom. The number of nitrogens with one attached hydrogen (secondary N) is 2. The fraction of sp³-hybridized carbons (Fsp3) is 0.333. The quantitative estimate of drug-likeness (QED) is 0.847. The molecule has 0 aliphatic rings. The van der Waals surface area contributed by atoms with Gasteiger partial charge in [-0.15, -0.1) is 0 Å². The van der Waals surface area contributed by atoms with E-state index in [4.69, 9.17) is 16.9 Å². The molecule has 0 saturated carbocycles. The number of nitriles is 1. The van der Waals surface area contributed by atoms with Gasteiger partial charge in [-0.05, 0) is 32.0 Å². The molecule has 0 heterocycles. The van der Waals surface area contributed by atoms with Crippen molar-refractivity contribution >= 4 is 27.5 Å². The maximum Gasteiger partial charge on any atom is 0.241 e. The van der Waals surface area contributed by atoms with Crippen molar-refractivity contribution in [3.05, 3.63) is 28.8 Å². The number of benzene rings is 1. The number of halogens is 1. The van der Waals surface area contributed by atoms with Crippen molar-refractivity contribution in [1.82, 2.24) is 10.0 Å². The molecule has 0 radical (unpaired) electrons. The summed E-state index contributed by atoms with van der Waals surface area (Å²) in [5.41, 5.74) is 0.183. The standard InChI is InChI=1S/C12H14ClN3O3S/c1-3-15-12(17)8(2)16-20(18,19)10-5-4-9(7-14)11(13)6-10/h4-6,8,16H,3H2,1-2H3,(H,15,17). The molecule has 8 heteroatoms. The molecule has 0 aliphatic carbocycles. The van der Waals surface area contributed by atoms with Crippen molar-refractivity contribution in [2.75, 3.05) is 6.54 Å². The van der Waals surface area contributed by atoms with E-state index in [2.05, 4.69) is 10.0 Å². The predicted molar refractivity (Wildman–Crippen MR) is 74.6 cm³/mol. The van der Waals surface area contributed by atoms with Crippen LogP contribution in [0.25, 0.3) is 0 Å². The van der Waals surface area contributed by atoms with E-state index >= 15 is 0 Å². The lowest BCUT2D eigenvalue weighted by Gasteiger charge is -2.14. The molecule has 0 aromatic heterocycles. The van der Waals surface area contributed by atoms with Crippen molar-refractivity contribution < 1.29 is 13.2 Å². The van der Waals surface area contributed by atoms with Crippen molar-refractivity contribution in [3.8, 4) is 6.07 Å². The first kappa shape index (κ1) is 16.4. The second-order valence-electron chi connectivity index (χ2n) is 3.99. The number of rotatable bonds is 5. The number of carbonyl (C=O) groups excluding carboxylic acids is 1. The summed E-state index contributed by atoms with van der Waals surface area (Å²) in [4.78, 5) is 11.4. The Kier molecular flexibility index (Phi) is 5.51. The number of carbonyl (C=O) groups is 1. The zero-order chi connectivity index (χ0) is 15.3. The van der Waals surface area contributed by atoms with Gasteiger partial charge in [-0.2, -0.15) is 9.98 Å². The third-order valence-corrected chi connectivity index (χ3v) is 4.30. The molecule has 1 amide bonds. The fourth-order valence-corrected chi connectivity index (χ4v) is 2.95. The third kappa shape index (κ3) is 3.93. The summed E-state index contributed by atoms with van der Waals surface area (Å²) in [6, 6.07) is 4.68. The van der Waals surface area contributed by atoms with Crippen molar-refractivity contribution in [3.63, 3.8) is 0 Å². The van der Waals surface area contributed by atoms with Crippen molar-refractivity contribution in [2.24, 2.45) is 0 Å². The van der Waals surface area contributed by atoms with Gasteiger partial charge in [0.05, 0.1) is 21.5 Å². The van der Waals surface area contributed by atoms with Crippen LogP contribution in [0.2, 0.25) is 5.02 Å². The molecule has 1 rings (SSSR count). The SMILES string of the molecule is CCNC(=O)C(C)NS(=O)(=O)c1ccc(C#N)c(Cl)c1. The van der Waals surface area contributed by atoms with Crippen LogP contribution < -0.4 is 10.0 Å². The van der Waals surface area contributed by atoms with Crippen molar-refractivity contribution in [2.45, 2.75) is 24.8 Å². The summed E-state index contributed by atoms with van der Waals surface area (Å²) in [6.45, 7) is 3.58. The van der Waals surface area contributed by atoms with Gasteiger partial charge in [0.25, 0.3) is 0 Å².